The lowest BCUT2D eigenvalue weighted by Gasteiger charge is -2.31. The molecule has 0 aromatic heterocycles. The van der Waals surface area contributed by atoms with Crippen LogP contribution in [0.15, 0.2) is 24.3 Å². The van der Waals surface area contributed by atoms with E-state index in [1.807, 2.05) is 45.9 Å². The van der Waals surface area contributed by atoms with Crippen molar-refractivity contribution in [3.8, 4) is 0 Å². The smallest absolute Gasteiger partial charge is 0.252 e. The molecule has 2 amide bonds. The highest BCUT2D eigenvalue weighted by molar-refractivity contribution is 7.85. The summed E-state index contributed by atoms with van der Waals surface area (Å²) < 4.78 is 12.2. The molecule has 0 aliphatic heterocycles. The molecule has 0 radical (unpaired) electrons. The van der Waals surface area contributed by atoms with Crippen LogP contribution >= 0.6 is 0 Å². The zero-order valence-corrected chi connectivity index (χ0v) is 18.3. The Bertz CT molecular complexity index is 705. The monoisotopic (exact) mass is 406 g/mol. The molecule has 1 saturated carbocycles. The molecule has 0 spiro atoms. The fourth-order valence-electron chi connectivity index (χ4n) is 3.82. The number of hydrogen-bond acceptors (Lipinski definition) is 3. The molecular weight excluding hydrogens is 372 g/mol. The van der Waals surface area contributed by atoms with Crippen LogP contribution in [-0.2, 0) is 15.6 Å². The Morgan fingerprint density at radius 3 is 2.57 bits per heavy atom. The van der Waals surface area contributed by atoms with Gasteiger partial charge >= 0.3 is 0 Å². The number of hydrogen-bond donors (Lipinski definition) is 2. The molecule has 5 nitrogen and oxygen atoms in total. The van der Waals surface area contributed by atoms with Crippen LogP contribution in [0.3, 0.4) is 0 Å². The molecule has 28 heavy (non-hydrogen) atoms. The maximum atomic E-state index is 12.9. The lowest BCUT2D eigenvalue weighted by atomic mass is 9.94. The van der Waals surface area contributed by atoms with Gasteiger partial charge in [0.1, 0.15) is 6.04 Å². The highest BCUT2D eigenvalue weighted by Gasteiger charge is 2.29. The van der Waals surface area contributed by atoms with Crippen molar-refractivity contribution in [2.24, 2.45) is 5.92 Å². The highest BCUT2D eigenvalue weighted by Crippen LogP contribution is 2.23. The van der Waals surface area contributed by atoms with Crippen LogP contribution < -0.4 is 10.6 Å². The second-order valence-corrected chi connectivity index (χ2v) is 10.1. The summed E-state index contributed by atoms with van der Waals surface area (Å²) in [6.07, 6.45) is 4.19. The van der Waals surface area contributed by atoms with E-state index in [1.54, 1.807) is 6.07 Å². The first-order valence-electron chi connectivity index (χ1n) is 10.4. The summed E-state index contributed by atoms with van der Waals surface area (Å²) in [4.78, 5) is 25.6. The molecule has 0 heterocycles. The van der Waals surface area contributed by atoms with Crippen LogP contribution in [0.25, 0.3) is 0 Å². The number of amides is 2. The number of carbonyl (C=O) groups is 2. The number of nitrogens with one attached hydrogen (secondary N) is 2. The van der Waals surface area contributed by atoms with E-state index in [-0.39, 0.29) is 29.0 Å². The molecule has 1 aliphatic carbocycles. The summed E-state index contributed by atoms with van der Waals surface area (Å²) >= 11 is 0. The SMILES string of the molecule is CC[S@@](=O)[C@@H]1CCC[C@H](NC(=O)[C@H](CC(C)C)NC(=O)c2ccccc2C)C1. The second-order valence-electron chi connectivity index (χ2n) is 8.13. The zero-order valence-electron chi connectivity index (χ0n) is 17.5. The summed E-state index contributed by atoms with van der Waals surface area (Å²) in [5.41, 5.74) is 1.49. The Labute approximate surface area is 171 Å². The summed E-state index contributed by atoms with van der Waals surface area (Å²) in [6.45, 7) is 7.92. The van der Waals surface area contributed by atoms with E-state index < -0.39 is 16.8 Å². The minimum absolute atomic E-state index is 0.0341. The van der Waals surface area contributed by atoms with E-state index in [9.17, 15) is 13.8 Å². The Balaban J connectivity index is 2.03. The van der Waals surface area contributed by atoms with Crippen molar-refractivity contribution >= 4 is 22.6 Å². The maximum Gasteiger partial charge on any atom is 0.252 e. The third-order valence-corrected chi connectivity index (χ3v) is 7.09. The minimum Gasteiger partial charge on any atom is -0.352 e. The van der Waals surface area contributed by atoms with Gasteiger partial charge in [0.2, 0.25) is 5.91 Å². The Morgan fingerprint density at radius 2 is 1.93 bits per heavy atom. The minimum atomic E-state index is -0.826. The molecule has 0 bridgehead atoms. The third-order valence-electron chi connectivity index (χ3n) is 5.35. The first-order valence-corrected chi connectivity index (χ1v) is 11.7. The average Bonchev–Trinajstić information content (AvgIpc) is 2.66. The van der Waals surface area contributed by atoms with Crippen LogP contribution in [0.4, 0.5) is 0 Å². The molecule has 1 aromatic carbocycles. The van der Waals surface area contributed by atoms with Crippen LogP contribution in [0.5, 0.6) is 0 Å². The Hall–Kier alpha value is -1.69. The topological polar surface area (TPSA) is 75.3 Å². The van der Waals surface area contributed by atoms with Crippen molar-refractivity contribution in [2.75, 3.05) is 5.75 Å². The van der Waals surface area contributed by atoms with E-state index in [1.165, 1.54) is 0 Å². The van der Waals surface area contributed by atoms with Crippen molar-refractivity contribution in [2.45, 2.75) is 77.1 Å². The molecule has 156 valence electrons. The van der Waals surface area contributed by atoms with E-state index >= 15 is 0 Å². The first-order chi connectivity index (χ1) is 13.3. The molecule has 1 aliphatic rings. The van der Waals surface area contributed by atoms with E-state index in [2.05, 4.69) is 10.6 Å². The van der Waals surface area contributed by atoms with Crippen molar-refractivity contribution in [1.82, 2.24) is 10.6 Å². The fourth-order valence-corrected chi connectivity index (χ4v) is 5.17. The normalized spacial score (nSPS) is 21.8. The van der Waals surface area contributed by atoms with Crippen molar-refractivity contribution < 1.29 is 13.8 Å². The lowest BCUT2D eigenvalue weighted by Crippen LogP contribution is -2.51. The van der Waals surface area contributed by atoms with Crippen molar-refractivity contribution in [3.05, 3.63) is 35.4 Å². The van der Waals surface area contributed by atoms with Gasteiger partial charge in [-0.05, 0) is 50.2 Å². The predicted octanol–water partition coefficient (Wildman–Crippen LogP) is 3.34. The molecule has 0 saturated heterocycles. The van der Waals surface area contributed by atoms with Gasteiger partial charge in [-0.15, -0.1) is 0 Å². The molecule has 2 rings (SSSR count). The lowest BCUT2D eigenvalue weighted by molar-refractivity contribution is -0.124. The molecular formula is C22H34N2O3S. The molecule has 1 aromatic rings. The van der Waals surface area contributed by atoms with Gasteiger partial charge in [0.25, 0.3) is 5.91 Å². The average molecular weight is 407 g/mol. The Morgan fingerprint density at radius 1 is 1.21 bits per heavy atom. The third kappa shape index (κ3) is 6.43. The largest absolute Gasteiger partial charge is 0.352 e. The van der Waals surface area contributed by atoms with Crippen molar-refractivity contribution in [3.63, 3.8) is 0 Å². The van der Waals surface area contributed by atoms with Crippen LogP contribution in [0.2, 0.25) is 0 Å². The molecule has 2 N–H and O–H groups in total. The summed E-state index contributed by atoms with van der Waals surface area (Å²) in [5, 5.41) is 6.21. The van der Waals surface area contributed by atoms with E-state index in [4.69, 9.17) is 0 Å². The Kier molecular flexibility index (Phi) is 8.67. The number of benzene rings is 1. The van der Waals surface area contributed by atoms with Crippen LogP contribution in [-0.4, -0.2) is 39.1 Å². The predicted molar refractivity (Wildman–Crippen MR) is 115 cm³/mol. The van der Waals surface area contributed by atoms with Crippen LogP contribution in [0, 0.1) is 12.8 Å². The van der Waals surface area contributed by atoms with E-state index in [0.29, 0.717) is 17.7 Å². The number of carbonyl (C=O) groups excluding carboxylic acids is 2. The quantitative estimate of drug-likeness (QED) is 0.695. The first kappa shape index (κ1) is 22.6. The zero-order chi connectivity index (χ0) is 20.7. The van der Waals surface area contributed by atoms with Gasteiger partial charge < -0.3 is 10.6 Å². The van der Waals surface area contributed by atoms with Gasteiger partial charge in [-0.3, -0.25) is 13.8 Å². The van der Waals surface area contributed by atoms with Gasteiger partial charge in [-0.25, -0.2) is 0 Å². The second kappa shape index (κ2) is 10.7. The summed E-state index contributed by atoms with van der Waals surface area (Å²) in [6, 6.07) is 6.86. The summed E-state index contributed by atoms with van der Waals surface area (Å²) in [7, 11) is -0.826. The van der Waals surface area contributed by atoms with Crippen LogP contribution in [0.1, 0.15) is 68.8 Å². The molecule has 0 unspecified atom stereocenters. The molecule has 1 fully saturated rings. The summed E-state index contributed by atoms with van der Waals surface area (Å²) in [5.74, 6) is 0.587. The van der Waals surface area contributed by atoms with Gasteiger partial charge in [-0.1, -0.05) is 45.4 Å². The van der Waals surface area contributed by atoms with Crippen molar-refractivity contribution in [1.29, 1.82) is 0 Å². The van der Waals surface area contributed by atoms with Gasteiger partial charge in [0, 0.05) is 33.4 Å². The van der Waals surface area contributed by atoms with Gasteiger partial charge in [0.05, 0.1) is 0 Å². The number of rotatable bonds is 8. The van der Waals surface area contributed by atoms with Gasteiger partial charge in [-0.2, -0.15) is 0 Å². The highest BCUT2D eigenvalue weighted by atomic mass is 32.2. The standard InChI is InChI=1S/C22H34N2O3S/c1-5-28(27)18-11-8-10-17(14-18)23-22(26)20(13-15(2)3)24-21(25)19-12-7-6-9-16(19)4/h6-7,9,12,15,17-18,20H,5,8,10-11,13-14H2,1-4H3,(H,23,26)(H,24,25)/t17-,18+,20-,28+/m0/s1. The van der Waals surface area contributed by atoms with Gasteiger partial charge in [0.15, 0.2) is 0 Å². The number of aryl methyl sites for hydroxylation is 1. The molecule has 4 atom stereocenters. The fraction of sp³-hybridized carbons (Fsp3) is 0.636. The molecule has 6 heteroatoms. The van der Waals surface area contributed by atoms with E-state index in [0.717, 1.165) is 31.2 Å². The maximum absolute atomic E-state index is 12.9.